The molecule has 1 atom stereocenters. The van der Waals surface area contributed by atoms with Crippen LogP contribution in [0, 0.1) is 18.6 Å². The molecule has 1 aromatic carbocycles. The zero-order valence-electron chi connectivity index (χ0n) is 20.7. The predicted octanol–water partition coefficient (Wildman–Crippen LogP) is 2.50. The number of carbonyl (C=O) groups is 3. The molecule has 2 aliphatic rings. The lowest BCUT2D eigenvalue weighted by atomic mass is 10.0. The zero-order valence-corrected chi connectivity index (χ0v) is 20.7. The number of hydrogen-bond donors (Lipinski definition) is 0. The van der Waals surface area contributed by atoms with E-state index < -0.39 is 35.2 Å². The molecule has 0 saturated carbocycles. The van der Waals surface area contributed by atoms with Crippen molar-refractivity contribution in [3.8, 4) is 5.88 Å². The summed E-state index contributed by atoms with van der Waals surface area (Å²) in [5.41, 5.74) is 0.425. The Morgan fingerprint density at radius 1 is 1.13 bits per heavy atom. The normalized spacial score (nSPS) is 17.8. The number of nitrogens with zero attached hydrogens (tertiary/aromatic N) is 4. The Morgan fingerprint density at radius 2 is 1.87 bits per heavy atom. The monoisotopic (exact) mass is 528 g/mol. The molecule has 0 spiro atoms. The summed E-state index contributed by atoms with van der Waals surface area (Å²) in [5, 5.41) is 4.16. The van der Waals surface area contributed by atoms with E-state index in [0.717, 1.165) is 4.68 Å². The van der Waals surface area contributed by atoms with Gasteiger partial charge >= 0.3 is 0 Å². The Bertz CT molecular complexity index is 1350. The van der Waals surface area contributed by atoms with Crippen molar-refractivity contribution in [3.05, 3.63) is 70.8 Å². The van der Waals surface area contributed by atoms with Crippen LogP contribution in [0.15, 0.2) is 41.0 Å². The van der Waals surface area contributed by atoms with Gasteiger partial charge in [0.15, 0.2) is 0 Å². The topological polar surface area (TPSA) is 107 Å². The van der Waals surface area contributed by atoms with Crippen LogP contribution in [-0.4, -0.2) is 76.7 Å². The molecule has 38 heavy (non-hydrogen) atoms. The van der Waals surface area contributed by atoms with Crippen LogP contribution in [0.3, 0.4) is 0 Å². The number of ether oxygens (including phenoxy) is 2. The van der Waals surface area contributed by atoms with Gasteiger partial charge in [-0.2, -0.15) is 14.2 Å². The standard InChI is InChI=1S/C26H26F2N4O6/c1-16-12-18(15-37-16)24(34)32-26(38-14-17-2-4-19(27)5-3-17)22(28)23(29-32)20-6-7-31(25(20)35)13-21(33)30-8-10-36-11-9-30/h2-5,12,15,20H,6-11,13-14H2,1H3. The molecule has 2 fully saturated rings. The van der Waals surface area contributed by atoms with Gasteiger partial charge < -0.3 is 23.7 Å². The first-order valence-corrected chi connectivity index (χ1v) is 12.2. The minimum Gasteiger partial charge on any atom is -0.471 e. The molecule has 5 rings (SSSR count). The number of morpholine rings is 1. The van der Waals surface area contributed by atoms with Gasteiger partial charge in [0.05, 0.1) is 31.2 Å². The van der Waals surface area contributed by atoms with Gasteiger partial charge in [-0.3, -0.25) is 14.4 Å². The summed E-state index contributed by atoms with van der Waals surface area (Å²) in [7, 11) is 0. The van der Waals surface area contributed by atoms with Crippen LogP contribution < -0.4 is 4.74 Å². The highest BCUT2D eigenvalue weighted by Crippen LogP contribution is 2.34. The molecule has 4 heterocycles. The van der Waals surface area contributed by atoms with Crippen LogP contribution in [-0.2, 0) is 20.9 Å². The Kier molecular flexibility index (Phi) is 7.23. The van der Waals surface area contributed by atoms with Crippen LogP contribution in [0.1, 0.15) is 39.7 Å². The largest absolute Gasteiger partial charge is 0.471 e. The number of amides is 2. The van der Waals surface area contributed by atoms with Crippen LogP contribution in [0.5, 0.6) is 5.88 Å². The summed E-state index contributed by atoms with van der Waals surface area (Å²) in [6.45, 7) is 3.39. The maximum Gasteiger partial charge on any atom is 0.284 e. The van der Waals surface area contributed by atoms with Crippen molar-refractivity contribution in [2.45, 2.75) is 25.9 Å². The Hall–Kier alpha value is -4.06. The highest BCUT2D eigenvalue weighted by Gasteiger charge is 2.40. The quantitative estimate of drug-likeness (QED) is 0.464. The van der Waals surface area contributed by atoms with Crippen molar-refractivity contribution in [2.75, 3.05) is 39.4 Å². The number of carbonyl (C=O) groups excluding carboxylic acids is 3. The molecule has 10 nitrogen and oxygen atoms in total. The molecule has 0 radical (unpaired) electrons. The lowest BCUT2D eigenvalue weighted by Crippen LogP contribution is -2.46. The molecule has 2 saturated heterocycles. The van der Waals surface area contributed by atoms with E-state index in [1.807, 2.05) is 0 Å². The van der Waals surface area contributed by atoms with Gasteiger partial charge in [0, 0.05) is 19.6 Å². The second-order valence-corrected chi connectivity index (χ2v) is 9.18. The molecule has 1 unspecified atom stereocenters. The third-order valence-electron chi connectivity index (χ3n) is 6.59. The molecule has 0 aliphatic carbocycles. The van der Waals surface area contributed by atoms with Crippen molar-refractivity contribution in [2.24, 2.45) is 0 Å². The van der Waals surface area contributed by atoms with Crippen molar-refractivity contribution in [3.63, 3.8) is 0 Å². The fraction of sp³-hybridized carbons (Fsp3) is 0.385. The molecule has 2 aromatic heterocycles. The maximum atomic E-state index is 15.7. The van der Waals surface area contributed by atoms with E-state index in [1.54, 1.807) is 11.8 Å². The van der Waals surface area contributed by atoms with Crippen LogP contribution in [0.4, 0.5) is 8.78 Å². The summed E-state index contributed by atoms with van der Waals surface area (Å²) in [4.78, 5) is 42.0. The summed E-state index contributed by atoms with van der Waals surface area (Å²) in [5.74, 6) is -3.72. The summed E-state index contributed by atoms with van der Waals surface area (Å²) < 4.78 is 45.9. The fourth-order valence-corrected chi connectivity index (χ4v) is 4.52. The SMILES string of the molecule is Cc1cc(C(=O)n2nc(C3CCN(CC(=O)N4CCOCC4)C3=O)c(F)c2OCc2ccc(F)cc2)co1. The van der Waals surface area contributed by atoms with E-state index in [1.165, 1.54) is 41.5 Å². The molecular weight excluding hydrogens is 502 g/mol. The highest BCUT2D eigenvalue weighted by atomic mass is 19.1. The van der Waals surface area contributed by atoms with Gasteiger partial charge in [-0.25, -0.2) is 4.39 Å². The van der Waals surface area contributed by atoms with Gasteiger partial charge in [0.1, 0.15) is 30.1 Å². The zero-order chi connectivity index (χ0) is 26.8. The first-order chi connectivity index (χ1) is 18.3. The van der Waals surface area contributed by atoms with E-state index in [4.69, 9.17) is 13.9 Å². The molecule has 12 heteroatoms. The minimum atomic E-state index is -0.985. The molecule has 0 bridgehead atoms. The molecule has 0 N–H and O–H groups in total. The second-order valence-electron chi connectivity index (χ2n) is 9.18. The summed E-state index contributed by atoms with van der Waals surface area (Å²) >= 11 is 0. The van der Waals surface area contributed by atoms with Crippen LogP contribution in [0.2, 0.25) is 0 Å². The first kappa shape index (κ1) is 25.6. The number of benzene rings is 1. The minimum absolute atomic E-state index is 0.124. The third kappa shape index (κ3) is 5.17. The van der Waals surface area contributed by atoms with Gasteiger partial charge in [0.2, 0.25) is 17.6 Å². The van der Waals surface area contributed by atoms with Crippen molar-refractivity contribution in [1.82, 2.24) is 19.6 Å². The molecule has 2 amide bonds. The summed E-state index contributed by atoms with van der Waals surface area (Å²) in [6.07, 6.45) is 1.44. The van der Waals surface area contributed by atoms with E-state index in [9.17, 15) is 18.8 Å². The lowest BCUT2D eigenvalue weighted by molar-refractivity contribution is -0.141. The van der Waals surface area contributed by atoms with Crippen LogP contribution in [0.25, 0.3) is 0 Å². The average Bonchev–Trinajstić information content (AvgIpc) is 3.61. The Morgan fingerprint density at radius 3 is 2.55 bits per heavy atom. The van der Waals surface area contributed by atoms with E-state index in [2.05, 4.69) is 5.10 Å². The summed E-state index contributed by atoms with van der Waals surface area (Å²) in [6, 6.07) is 6.90. The van der Waals surface area contributed by atoms with Gasteiger partial charge in [-0.15, -0.1) is 0 Å². The Labute approximate surface area is 216 Å². The third-order valence-corrected chi connectivity index (χ3v) is 6.59. The predicted molar refractivity (Wildman–Crippen MR) is 127 cm³/mol. The lowest BCUT2D eigenvalue weighted by Gasteiger charge is -2.28. The van der Waals surface area contributed by atoms with E-state index >= 15 is 4.39 Å². The van der Waals surface area contributed by atoms with Crippen molar-refractivity contribution < 1.29 is 37.1 Å². The molecule has 2 aliphatic heterocycles. The fourth-order valence-electron chi connectivity index (χ4n) is 4.52. The maximum absolute atomic E-state index is 15.7. The molecule has 3 aromatic rings. The van der Waals surface area contributed by atoms with Gasteiger partial charge in [-0.1, -0.05) is 12.1 Å². The average molecular weight is 529 g/mol. The van der Waals surface area contributed by atoms with Crippen LogP contribution >= 0.6 is 0 Å². The van der Waals surface area contributed by atoms with Gasteiger partial charge in [-0.05, 0) is 37.1 Å². The highest BCUT2D eigenvalue weighted by molar-refractivity contribution is 5.96. The second kappa shape index (κ2) is 10.7. The number of aryl methyl sites for hydroxylation is 1. The number of rotatable bonds is 7. The molecular formula is C26H26F2N4O6. The smallest absolute Gasteiger partial charge is 0.284 e. The first-order valence-electron chi connectivity index (χ1n) is 12.2. The molecule has 200 valence electrons. The number of aromatic nitrogens is 2. The number of halogens is 2. The van der Waals surface area contributed by atoms with Crippen molar-refractivity contribution in [1.29, 1.82) is 0 Å². The van der Waals surface area contributed by atoms with E-state index in [-0.39, 0.29) is 43.3 Å². The number of furan rings is 1. The van der Waals surface area contributed by atoms with Gasteiger partial charge in [0.25, 0.3) is 11.8 Å². The number of likely N-dealkylation sites (tertiary alicyclic amines) is 1. The Balaban J connectivity index is 1.39. The van der Waals surface area contributed by atoms with E-state index in [0.29, 0.717) is 37.6 Å². The number of hydrogen-bond acceptors (Lipinski definition) is 7. The van der Waals surface area contributed by atoms with Crippen molar-refractivity contribution >= 4 is 17.7 Å².